The van der Waals surface area contributed by atoms with Crippen LogP contribution in [0.25, 0.3) is 0 Å². The highest BCUT2D eigenvalue weighted by molar-refractivity contribution is 5.58. The van der Waals surface area contributed by atoms with Gasteiger partial charge in [0.1, 0.15) is 18.0 Å². The minimum absolute atomic E-state index is 0.408. The standard InChI is InChI=1S/C11H9N5/c12-6-8-1-3-9(4-2-8)16-11-5-10(13)14-7-15-11/h1-5,7H,(H3,13,14,15,16). The first kappa shape index (κ1) is 9.93. The van der Waals surface area contributed by atoms with Gasteiger partial charge in [-0.1, -0.05) is 0 Å². The maximum atomic E-state index is 8.65. The lowest BCUT2D eigenvalue weighted by atomic mass is 10.2. The van der Waals surface area contributed by atoms with Gasteiger partial charge >= 0.3 is 0 Å². The van der Waals surface area contributed by atoms with E-state index in [0.717, 1.165) is 5.69 Å². The first-order chi connectivity index (χ1) is 7.78. The first-order valence-electron chi connectivity index (χ1n) is 4.62. The molecule has 0 saturated heterocycles. The molecule has 0 atom stereocenters. The largest absolute Gasteiger partial charge is 0.384 e. The molecule has 0 aliphatic heterocycles. The van der Waals surface area contributed by atoms with Crippen molar-refractivity contribution >= 4 is 17.3 Å². The van der Waals surface area contributed by atoms with Gasteiger partial charge in [0.2, 0.25) is 0 Å². The van der Waals surface area contributed by atoms with Gasteiger partial charge in [0.05, 0.1) is 11.6 Å². The molecule has 0 saturated carbocycles. The van der Waals surface area contributed by atoms with Crippen LogP contribution < -0.4 is 11.1 Å². The lowest BCUT2D eigenvalue weighted by Gasteiger charge is -2.05. The van der Waals surface area contributed by atoms with Crippen LogP contribution in [0.2, 0.25) is 0 Å². The van der Waals surface area contributed by atoms with Gasteiger partial charge in [0.15, 0.2) is 0 Å². The van der Waals surface area contributed by atoms with E-state index in [1.807, 2.05) is 0 Å². The van der Waals surface area contributed by atoms with Crippen LogP contribution in [0.3, 0.4) is 0 Å². The van der Waals surface area contributed by atoms with Crippen molar-refractivity contribution in [2.75, 3.05) is 11.1 Å². The smallest absolute Gasteiger partial charge is 0.135 e. The van der Waals surface area contributed by atoms with Crippen molar-refractivity contribution in [1.82, 2.24) is 9.97 Å². The third-order valence-electron chi connectivity index (χ3n) is 1.97. The van der Waals surface area contributed by atoms with E-state index in [1.54, 1.807) is 30.3 Å². The first-order valence-corrected chi connectivity index (χ1v) is 4.62. The lowest BCUT2D eigenvalue weighted by Crippen LogP contribution is -1.97. The predicted octanol–water partition coefficient (Wildman–Crippen LogP) is 1.67. The van der Waals surface area contributed by atoms with Gasteiger partial charge in [-0.2, -0.15) is 5.26 Å². The third-order valence-corrected chi connectivity index (χ3v) is 1.97. The second kappa shape index (κ2) is 4.28. The highest BCUT2D eigenvalue weighted by Gasteiger charge is 1.97. The average Bonchev–Trinajstić information content (AvgIpc) is 2.30. The van der Waals surface area contributed by atoms with Crippen LogP contribution in [0.15, 0.2) is 36.7 Å². The average molecular weight is 211 g/mol. The number of nitrogens with two attached hydrogens (primary N) is 1. The van der Waals surface area contributed by atoms with Crippen molar-refractivity contribution in [2.45, 2.75) is 0 Å². The van der Waals surface area contributed by atoms with E-state index in [0.29, 0.717) is 17.2 Å². The summed E-state index contributed by atoms with van der Waals surface area (Å²) >= 11 is 0. The molecule has 16 heavy (non-hydrogen) atoms. The van der Waals surface area contributed by atoms with Crippen LogP contribution in [-0.2, 0) is 0 Å². The molecule has 0 unspecified atom stereocenters. The summed E-state index contributed by atoms with van der Waals surface area (Å²) in [6.07, 6.45) is 1.39. The van der Waals surface area contributed by atoms with Crippen molar-refractivity contribution in [3.05, 3.63) is 42.2 Å². The summed E-state index contributed by atoms with van der Waals surface area (Å²) in [4.78, 5) is 7.80. The van der Waals surface area contributed by atoms with E-state index in [-0.39, 0.29) is 0 Å². The van der Waals surface area contributed by atoms with E-state index in [1.165, 1.54) is 6.33 Å². The summed E-state index contributed by atoms with van der Waals surface area (Å²) in [7, 11) is 0. The predicted molar refractivity (Wildman–Crippen MR) is 60.9 cm³/mol. The summed E-state index contributed by atoms with van der Waals surface area (Å²) in [6, 6.07) is 10.8. The van der Waals surface area contributed by atoms with Crippen molar-refractivity contribution in [2.24, 2.45) is 0 Å². The number of nitrogens with one attached hydrogen (secondary N) is 1. The Hall–Kier alpha value is -2.61. The Balaban J connectivity index is 2.18. The molecule has 2 aromatic rings. The molecule has 1 heterocycles. The number of hydrogen-bond donors (Lipinski definition) is 2. The van der Waals surface area contributed by atoms with Gasteiger partial charge in [0.25, 0.3) is 0 Å². The molecule has 5 nitrogen and oxygen atoms in total. The molecule has 0 aliphatic rings. The Morgan fingerprint density at radius 2 is 1.94 bits per heavy atom. The molecule has 0 radical (unpaired) electrons. The van der Waals surface area contributed by atoms with E-state index in [2.05, 4.69) is 21.4 Å². The van der Waals surface area contributed by atoms with Gasteiger partial charge in [0, 0.05) is 11.8 Å². The quantitative estimate of drug-likeness (QED) is 0.788. The van der Waals surface area contributed by atoms with Crippen LogP contribution in [-0.4, -0.2) is 9.97 Å². The molecule has 3 N–H and O–H groups in total. The molecule has 1 aromatic carbocycles. The molecule has 0 fully saturated rings. The zero-order chi connectivity index (χ0) is 11.4. The normalized spacial score (nSPS) is 9.44. The Morgan fingerprint density at radius 3 is 2.56 bits per heavy atom. The van der Waals surface area contributed by atoms with Gasteiger partial charge in [-0.3, -0.25) is 0 Å². The molecule has 0 spiro atoms. The molecule has 0 aliphatic carbocycles. The van der Waals surface area contributed by atoms with Crippen molar-refractivity contribution in [3.63, 3.8) is 0 Å². The summed E-state index contributed by atoms with van der Waals surface area (Å²) in [5.74, 6) is 1.03. The number of hydrogen-bond acceptors (Lipinski definition) is 5. The van der Waals surface area contributed by atoms with Crippen LogP contribution in [0.5, 0.6) is 0 Å². The van der Waals surface area contributed by atoms with Crippen molar-refractivity contribution in [3.8, 4) is 6.07 Å². The number of nitrogens with zero attached hydrogens (tertiary/aromatic N) is 3. The highest BCUT2D eigenvalue weighted by Crippen LogP contribution is 2.15. The fraction of sp³-hybridized carbons (Fsp3) is 0. The number of anilines is 3. The second-order valence-corrected chi connectivity index (χ2v) is 3.14. The number of nitrogen functional groups attached to an aromatic ring is 1. The van der Waals surface area contributed by atoms with E-state index in [4.69, 9.17) is 11.0 Å². The summed E-state index contributed by atoms with van der Waals surface area (Å²) in [6.45, 7) is 0. The molecule has 0 bridgehead atoms. The molecule has 78 valence electrons. The Labute approximate surface area is 92.6 Å². The Bertz CT molecular complexity index is 527. The monoisotopic (exact) mass is 211 g/mol. The van der Waals surface area contributed by atoms with E-state index < -0.39 is 0 Å². The fourth-order valence-electron chi connectivity index (χ4n) is 1.22. The maximum absolute atomic E-state index is 8.65. The molecule has 2 rings (SSSR count). The molecular formula is C11H9N5. The zero-order valence-corrected chi connectivity index (χ0v) is 8.38. The van der Waals surface area contributed by atoms with Gasteiger partial charge in [-0.15, -0.1) is 0 Å². The molecule has 1 aromatic heterocycles. The van der Waals surface area contributed by atoms with Crippen LogP contribution >= 0.6 is 0 Å². The highest BCUT2D eigenvalue weighted by atomic mass is 15.0. The minimum atomic E-state index is 0.408. The van der Waals surface area contributed by atoms with Gasteiger partial charge in [-0.05, 0) is 24.3 Å². The lowest BCUT2D eigenvalue weighted by molar-refractivity contribution is 1.18. The van der Waals surface area contributed by atoms with Gasteiger partial charge in [-0.25, -0.2) is 9.97 Å². The SMILES string of the molecule is N#Cc1ccc(Nc2cc(N)ncn2)cc1. The fourth-order valence-corrected chi connectivity index (χ4v) is 1.22. The summed E-state index contributed by atoms with van der Waals surface area (Å²) in [5.41, 5.74) is 6.99. The maximum Gasteiger partial charge on any atom is 0.135 e. The number of nitriles is 1. The zero-order valence-electron chi connectivity index (χ0n) is 8.38. The topological polar surface area (TPSA) is 87.6 Å². The van der Waals surface area contributed by atoms with Gasteiger partial charge < -0.3 is 11.1 Å². The Kier molecular flexibility index (Phi) is 2.65. The van der Waals surface area contributed by atoms with Crippen molar-refractivity contribution < 1.29 is 0 Å². The molecule has 5 heteroatoms. The van der Waals surface area contributed by atoms with Crippen LogP contribution in [0.4, 0.5) is 17.3 Å². The number of benzene rings is 1. The molecule has 0 amide bonds. The van der Waals surface area contributed by atoms with Crippen LogP contribution in [0, 0.1) is 11.3 Å². The third kappa shape index (κ3) is 2.25. The Morgan fingerprint density at radius 1 is 1.19 bits per heavy atom. The number of aromatic nitrogens is 2. The molecular weight excluding hydrogens is 202 g/mol. The van der Waals surface area contributed by atoms with E-state index >= 15 is 0 Å². The summed E-state index contributed by atoms with van der Waals surface area (Å²) in [5, 5.41) is 11.7. The number of rotatable bonds is 2. The minimum Gasteiger partial charge on any atom is -0.384 e. The van der Waals surface area contributed by atoms with E-state index in [9.17, 15) is 0 Å². The van der Waals surface area contributed by atoms with Crippen LogP contribution in [0.1, 0.15) is 5.56 Å². The summed E-state index contributed by atoms with van der Waals surface area (Å²) < 4.78 is 0. The van der Waals surface area contributed by atoms with Crippen molar-refractivity contribution in [1.29, 1.82) is 5.26 Å². The second-order valence-electron chi connectivity index (χ2n) is 3.14.